The van der Waals surface area contributed by atoms with Gasteiger partial charge in [0, 0.05) is 18.6 Å². The third kappa shape index (κ3) is 1.69. The summed E-state index contributed by atoms with van der Waals surface area (Å²) < 4.78 is 0. The van der Waals surface area contributed by atoms with Gasteiger partial charge < -0.3 is 0 Å². The van der Waals surface area contributed by atoms with Crippen LogP contribution in [0, 0.1) is 5.92 Å². The molecular weight excluding hydrogens is 182 g/mol. The Kier molecular flexibility index (Phi) is 2.83. The molecule has 1 unspecified atom stereocenters. The molecule has 1 aromatic carbocycles. The fourth-order valence-corrected chi connectivity index (χ4v) is 2.44. The van der Waals surface area contributed by atoms with Gasteiger partial charge in [-0.1, -0.05) is 44.2 Å². The van der Waals surface area contributed by atoms with Crippen molar-refractivity contribution in [1.82, 2.24) is 4.90 Å². The summed E-state index contributed by atoms with van der Waals surface area (Å²) in [5.74, 6) is 0.653. The molecule has 1 aliphatic heterocycles. The van der Waals surface area contributed by atoms with Crippen molar-refractivity contribution < 1.29 is 0 Å². The van der Waals surface area contributed by atoms with Gasteiger partial charge in [-0.05, 0) is 24.8 Å². The van der Waals surface area contributed by atoms with Crippen LogP contribution in [0.15, 0.2) is 30.3 Å². The molecule has 1 atom stereocenters. The van der Waals surface area contributed by atoms with Gasteiger partial charge in [0.15, 0.2) is 0 Å². The first-order valence-corrected chi connectivity index (χ1v) is 5.96. The van der Waals surface area contributed by atoms with Crippen LogP contribution in [0.5, 0.6) is 0 Å². The fraction of sp³-hybridized carbons (Fsp3) is 0.571. The maximum Gasteiger partial charge on any atom is 0.0455 e. The highest BCUT2D eigenvalue weighted by Gasteiger charge is 2.39. The minimum absolute atomic E-state index is 0.222. The number of rotatable bonds is 3. The molecule has 1 saturated heterocycles. The normalized spacial score (nSPS) is 21.1. The summed E-state index contributed by atoms with van der Waals surface area (Å²) in [6, 6.07) is 10.9. The zero-order valence-electron chi connectivity index (χ0n) is 10.0. The number of hydrogen-bond donors (Lipinski definition) is 0. The quantitative estimate of drug-likeness (QED) is 0.729. The molecule has 0 aromatic heterocycles. The van der Waals surface area contributed by atoms with Crippen LogP contribution in [0.4, 0.5) is 0 Å². The van der Waals surface area contributed by atoms with Crippen molar-refractivity contribution in [3.8, 4) is 0 Å². The number of hydrogen-bond acceptors (Lipinski definition) is 1. The van der Waals surface area contributed by atoms with Crippen molar-refractivity contribution in [1.29, 1.82) is 0 Å². The van der Waals surface area contributed by atoms with Gasteiger partial charge in [0.2, 0.25) is 0 Å². The molecule has 0 amide bonds. The molecule has 1 heterocycles. The van der Waals surface area contributed by atoms with Crippen molar-refractivity contribution in [2.45, 2.75) is 32.7 Å². The molecular formula is C14H21N. The van der Waals surface area contributed by atoms with Crippen molar-refractivity contribution >= 4 is 0 Å². The lowest BCUT2D eigenvalue weighted by Crippen LogP contribution is -2.54. The van der Waals surface area contributed by atoms with Crippen molar-refractivity contribution in [2.24, 2.45) is 5.92 Å². The van der Waals surface area contributed by atoms with E-state index in [2.05, 4.69) is 56.0 Å². The second-order valence-corrected chi connectivity index (χ2v) is 5.01. The molecule has 1 fully saturated rings. The van der Waals surface area contributed by atoms with Crippen LogP contribution < -0.4 is 0 Å². The van der Waals surface area contributed by atoms with E-state index < -0.39 is 0 Å². The molecule has 2 rings (SSSR count). The predicted molar refractivity (Wildman–Crippen MR) is 64.8 cm³/mol. The van der Waals surface area contributed by atoms with Gasteiger partial charge in [-0.25, -0.2) is 0 Å². The maximum absolute atomic E-state index is 2.60. The van der Waals surface area contributed by atoms with E-state index in [1.165, 1.54) is 25.1 Å². The van der Waals surface area contributed by atoms with Crippen LogP contribution >= 0.6 is 0 Å². The minimum Gasteiger partial charge on any atom is -0.294 e. The summed E-state index contributed by atoms with van der Waals surface area (Å²) in [7, 11) is 0. The minimum atomic E-state index is 0.222. The van der Waals surface area contributed by atoms with E-state index in [-0.39, 0.29) is 5.54 Å². The average Bonchev–Trinajstić information content (AvgIpc) is 2.16. The van der Waals surface area contributed by atoms with Crippen LogP contribution in [0.25, 0.3) is 0 Å². The molecule has 0 bridgehead atoms. The van der Waals surface area contributed by atoms with Gasteiger partial charge in [-0.3, -0.25) is 4.90 Å². The molecule has 0 radical (unpaired) electrons. The Morgan fingerprint density at radius 1 is 1.13 bits per heavy atom. The van der Waals surface area contributed by atoms with Crippen LogP contribution in [0.2, 0.25) is 0 Å². The third-order valence-electron chi connectivity index (χ3n) is 4.00. The number of nitrogens with zero attached hydrogens (tertiary/aromatic N) is 1. The summed E-state index contributed by atoms with van der Waals surface area (Å²) >= 11 is 0. The summed E-state index contributed by atoms with van der Waals surface area (Å²) in [6.07, 6.45) is 1.36. The van der Waals surface area contributed by atoms with E-state index in [0.717, 1.165) is 0 Å². The van der Waals surface area contributed by atoms with Crippen LogP contribution in [-0.2, 0) is 5.54 Å². The first kappa shape index (κ1) is 10.7. The first-order valence-electron chi connectivity index (χ1n) is 5.96. The van der Waals surface area contributed by atoms with Gasteiger partial charge in [0.1, 0.15) is 0 Å². The van der Waals surface area contributed by atoms with E-state index in [9.17, 15) is 0 Å². The topological polar surface area (TPSA) is 3.24 Å². The molecule has 0 spiro atoms. The van der Waals surface area contributed by atoms with Crippen molar-refractivity contribution in [3.05, 3.63) is 35.9 Å². The largest absolute Gasteiger partial charge is 0.294 e. The molecule has 82 valence electrons. The molecule has 1 nitrogen and oxygen atoms in total. The van der Waals surface area contributed by atoms with Gasteiger partial charge in [-0.2, -0.15) is 0 Å². The molecule has 15 heavy (non-hydrogen) atoms. The first-order chi connectivity index (χ1) is 7.15. The monoisotopic (exact) mass is 203 g/mol. The zero-order valence-corrected chi connectivity index (χ0v) is 10.0. The molecule has 0 saturated carbocycles. The molecule has 0 aliphatic carbocycles. The predicted octanol–water partition coefficient (Wildman–Crippen LogP) is 3.26. The smallest absolute Gasteiger partial charge is 0.0455 e. The highest BCUT2D eigenvalue weighted by molar-refractivity contribution is 5.25. The molecule has 1 aliphatic rings. The van der Waals surface area contributed by atoms with Crippen LogP contribution in [-0.4, -0.2) is 18.0 Å². The molecule has 0 N–H and O–H groups in total. The van der Waals surface area contributed by atoms with E-state index in [1.54, 1.807) is 0 Å². The van der Waals surface area contributed by atoms with Crippen LogP contribution in [0.1, 0.15) is 32.8 Å². The Balaban J connectivity index is 2.34. The van der Waals surface area contributed by atoms with E-state index in [4.69, 9.17) is 0 Å². The Morgan fingerprint density at radius 2 is 1.73 bits per heavy atom. The SMILES string of the molecule is CC(C)C(C)(c1ccccc1)N1CCC1. The Bertz CT molecular complexity index is 313. The lowest BCUT2D eigenvalue weighted by atomic mass is 9.78. The number of likely N-dealkylation sites (tertiary alicyclic amines) is 1. The molecule has 1 heteroatoms. The second kappa shape index (κ2) is 3.97. The van der Waals surface area contributed by atoms with Gasteiger partial charge in [0.25, 0.3) is 0 Å². The standard InChI is InChI=1S/C14H21N/c1-12(2)14(3,15-10-7-11-15)13-8-5-4-6-9-13/h4-6,8-9,12H,7,10-11H2,1-3H3. The summed E-state index contributed by atoms with van der Waals surface area (Å²) in [5, 5.41) is 0. The van der Waals surface area contributed by atoms with E-state index in [1.807, 2.05) is 0 Å². The van der Waals surface area contributed by atoms with E-state index >= 15 is 0 Å². The lowest BCUT2D eigenvalue weighted by molar-refractivity contribution is 0.00452. The van der Waals surface area contributed by atoms with Gasteiger partial charge in [0.05, 0.1) is 0 Å². The van der Waals surface area contributed by atoms with Crippen molar-refractivity contribution in [2.75, 3.05) is 13.1 Å². The fourth-order valence-electron chi connectivity index (χ4n) is 2.44. The molecule has 1 aromatic rings. The highest BCUT2D eigenvalue weighted by Crippen LogP contribution is 2.38. The summed E-state index contributed by atoms with van der Waals surface area (Å²) in [4.78, 5) is 2.60. The highest BCUT2D eigenvalue weighted by atomic mass is 15.2. The second-order valence-electron chi connectivity index (χ2n) is 5.01. The average molecular weight is 203 g/mol. The Hall–Kier alpha value is -0.820. The van der Waals surface area contributed by atoms with Gasteiger partial charge in [-0.15, -0.1) is 0 Å². The van der Waals surface area contributed by atoms with E-state index in [0.29, 0.717) is 5.92 Å². The Morgan fingerprint density at radius 3 is 2.13 bits per heavy atom. The van der Waals surface area contributed by atoms with Crippen LogP contribution in [0.3, 0.4) is 0 Å². The number of benzene rings is 1. The Labute approximate surface area is 93.1 Å². The zero-order chi connectivity index (χ0) is 10.9. The lowest BCUT2D eigenvalue weighted by Gasteiger charge is -2.50. The van der Waals surface area contributed by atoms with Crippen molar-refractivity contribution in [3.63, 3.8) is 0 Å². The van der Waals surface area contributed by atoms with Gasteiger partial charge >= 0.3 is 0 Å². The summed E-state index contributed by atoms with van der Waals surface area (Å²) in [5.41, 5.74) is 1.68. The summed E-state index contributed by atoms with van der Waals surface area (Å²) in [6.45, 7) is 9.54. The maximum atomic E-state index is 2.60. The third-order valence-corrected chi connectivity index (χ3v) is 4.00.